The first-order valence-corrected chi connectivity index (χ1v) is 5.52. The van der Waals surface area contributed by atoms with Gasteiger partial charge in [0.2, 0.25) is 0 Å². The Balaban J connectivity index is 2.06. The molecular weight excluding hydrogens is 214 g/mol. The molecular formula is C10H14ClN3O. The van der Waals surface area contributed by atoms with E-state index in [9.17, 15) is 0 Å². The van der Waals surface area contributed by atoms with Crippen LogP contribution >= 0.6 is 11.6 Å². The van der Waals surface area contributed by atoms with Gasteiger partial charge in [-0.05, 0) is 30.9 Å². The first-order valence-electron chi connectivity index (χ1n) is 5.14. The van der Waals surface area contributed by atoms with E-state index in [4.69, 9.17) is 16.7 Å². The van der Waals surface area contributed by atoms with Crippen molar-refractivity contribution in [2.45, 2.75) is 12.8 Å². The van der Waals surface area contributed by atoms with Gasteiger partial charge in [0.05, 0.1) is 0 Å². The maximum atomic E-state index is 9.12. The molecule has 0 saturated carbocycles. The maximum absolute atomic E-state index is 9.12. The normalized spacial score (nSPS) is 21.7. The summed E-state index contributed by atoms with van der Waals surface area (Å²) in [5.41, 5.74) is 0. The highest BCUT2D eigenvalue weighted by molar-refractivity contribution is 6.29. The average molecular weight is 228 g/mol. The van der Waals surface area contributed by atoms with Crippen LogP contribution in [0.4, 0.5) is 5.82 Å². The van der Waals surface area contributed by atoms with E-state index in [1.807, 2.05) is 6.07 Å². The van der Waals surface area contributed by atoms with Gasteiger partial charge in [0, 0.05) is 19.7 Å². The smallest absolute Gasteiger partial charge is 0.151 e. The average Bonchev–Trinajstić information content (AvgIpc) is 2.30. The minimum Gasteiger partial charge on any atom is -0.396 e. The van der Waals surface area contributed by atoms with Gasteiger partial charge in [-0.3, -0.25) is 0 Å². The van der Waals surface area contributed by atoms with Crippen LogP contribution in [0.1, 0.15) is 12.8 Å². The van der Waals surface area contributed by atoms with Crippen molar-refractivity contribution in [3.05, 3.63) is 17.3 Å². The van der Waals surface area contributed by atoms with Crippen molar-refractivity contribution in [1.29, 1.82) is 0 Å². The van der Waals surface area contributed by atoms with Gasteiger partial charge in [0.1, 0.15) is 0 Å². The largest absolute Gasteiger partial charge is 0.396 e. The second-order valence-corrected chi connectivity index (χ2v) is 4.24. The highest BCUT2D eigenvalue weighted by Gasteiger charge is 2.20. The molecule has 0 spiro atoms. The number of halogens is 1. The van der Waals surface area contributed by atoms with Crippen molar-refractivity contribution in [3.8, 4) is 0 Å². The number of aromatic nitrogens is 2. The van der Waals surface area contributed by atoms with Gasteiger partial charge >= 0.3 is 0 Å². The van der Waals surface area contributed by atoms with E-state index in [1.165, 1.54) is 0 Å². The van der Waals surface area contributed by atoms with Crippen LogP contribution in [0.5, 0.6) is 0 Å². The molecule has 1 aromatic heterocycles. The minimum atomic E-state index is 0.248. The number of aliphatic hydroxyl groups is 1. The Hall–Kier alpha value is -0.870. The predicted octanol–water partition coefficient (Wildman–Crippen LogP) is 1.34. The maximum Gasteiger partial charge on any atom is 0.151 e. The quantitative estimate of drug-likeness (QED) is 0.829. The van der Waals surface area contributed by atoms with Gasteiger partial charge in [0.15, 0.2) is 11.0 Å². The lowest BCUT2D eigenvalue weighted by Gasteiger charge is -2.32. The number of anilines is 1. The van der Waals surface area contributed by atoms with Crippen molar-refractivity contribution in [3.63, 3.8) is 0 Å². The molecule has 82 valence electrons. The van der Waals surface area contributed by atoms with Gasteiger partial charge in [-0.25, -0.2) is 0 Å². The summed E-state index contributed by atoms with van der Waals surface area (Å²) in [6.45, 7) is 2.08. The first kappa shape index (κ1) is 10.6. The zero-order chi connectivity index (χ0) is 10.7. The summed E-state index contributed by atoms with van der Waals surface area (Å²) in [4.78, 5) is 2.15. The fourth-order valence-corrected chi connectivity index (χ4v) is 2.00. The predicted molar refractivity (Wildman–Crippen MR) is 59.1 cm³/mol. The number of nitrogens with zero attached hydrogens (tertiary/aromatic N) is 3. The molecule has 0 unspecified atom stereocenters. The highest BCUT2D eigenvalue weighted by Crippen LogP contribution is 2.21. The summed E-state index contributed by atoms with van der Waals surface area (Å²) in [5.74, 6) is 1.20. The number of hydrogen-bond donors (Lipinski definition) is 1. The number of aliphatic hydroxyl groups excluding tert-OH is 1. The molecule has 0 radical (unpaired) electrons. The van der Waals surface area contributed by atoms with Gasteiger partial charge in [-0.15, -0.1) is 10.2 Å². The molecule has 0 aromatic carbocycles. The summed E-state index contributed by atoms with van der Waals surface area (Å²) >= 11 is 5.67. The van der Waals surface area contributed by atoms with Crippen LogP contribution < -0.4 is 4.90 Å². The minimum absolute atomic E-state index is 0.248. The zero-order valence-electron chi connectivity index (χ0n) is 8.43. The molecule has 15 heavy (non-hydrogen) atoms. The second-order valence-electron chi connectivity index (χ2n) is 3.85. The van der Waals surface area contributed by atoms with Crippen molar-refractivity contribution >= 4 is 17.4 Å². The molecule has 0 amide bonds. The molecule has 1 aliphatic rings. The molecule has 1 atom stereocenters. The van der Waals surface area contributed by atoms with E-state index in [0.717, 1.165) is 31.7 Å². The van der Waals surface area contributed by atoms with Crippen molar-refractivity contribution in [2.75, 3.05) is 24.6 Å². The van der Waals surface area contributed by atoms with Gasteiger partial charge in [-0.1, -0.05) is 11.6 Å². The van der Waals surface area contributed by atoms with Crippen LogP contribution in [0, 0.1) is 5.92 Å². The molecule has 0 aliphatic carbocycles. The molecule has 0 bridgehead atoms. The fourth-order valence-electron chi connectivity index (χ4n) is 1.90. The van der Waals surface area contributed by atoms with Crippen LogP contribution in [-0.4, -0.2) is 35.0 Å². The van der Waals surface area contributed by atoms with Crippen LogP contribution in [0.15, 0.2) is 12.1 Å². The Labute approximate surface area is 93.9 Å². The SMILES string of the molecule is OC[C@@H]1CCCN(c2ccc(Cl)nn2)C1. The summed E-state index contributed by atoms with van der Waals surface area (Å²) in [5, 5.41) is 17.4. The van der Waals surface area contributed by atoms with Crippen LogP contribution in [-0.2, 0) is 0 Å². The summed E-state index contributed by atoms with van der Waals surface area (Å²) in [6, 6.07) is 3.61. The molecule has 1 fully saturated rings. The van der Waals surface area contributed by atoms with Crippen molar-refractivity contribution in [2.24, 2.45) is 5.92 Å². The van der Waals surface area contributed by atoms with Crippen molar-refractivity contribution < 1.29 is 5.11 Å². The molecule has 1 aromatic rings. The van der Waals surface area contributed by atoms with E-state index in [1.54, 1.807) is 6.07 Å². The van der Waals surface area contributed by atoms with E-state index in [-0.39, 0.29) is 6.61 Å². The molecule has 1 aliphatic heterocycles. The molecule has 2 heterocycles. The molecule has 5 heteroatoms. The lowest BCUT2D eigenvalue weighted by Crippen LogP contribution is -2.37. The molecule has 2 rings (SSSR count). The topological polar surface area (TPSA) is 49.2 Å². The third kappa shape index (κ3) is 2.58. The summed E-state index contributed by atoms with van der Waals surface area (Å²) in [6.07, 6.45) is 2.18. The Kier molecular flexibility index (Phi) is 3.38. The Morgan fingerprint density at radius 2 is 2.33 bits per heavy atom. The zero-order valence-corrected chi connectivity index (χ0v) is 9.19. The highest BCUT2D eigenvalue weighted by atomic mass is 35.5. The molecule has 1 saturated heterocycles. The number of hydrogen-bond acceptors (Lipinski definition) is 4. The Bertz CT molecular complexity index is 317. The first-order chi connectivity index (χ1) is 7.29. The van der Waals surface area contributed by atoms with Gasteiger partial charge in [-0.2, -0.15) is 0 Å². The molecule has 1 N–H and O–H groups in total. The van der Waals surface area contributed by atoms with Crippen LogP contribution in [0.2, 0.25) is 5.15 Å². The van der Waals surface area contributed by atoms with E-state index in [0.29, 0.717) is 11.1 Å². The van der Waals surface area contributed by atoms with E-state index < -0.39 is 0 Å². The Morgan fingerprint density at radius 1 is 1.47 bits per heavy atom. The van der Waals surface area contributed by atoms with E-state index >= 15 is 0 Å². The number of piperidine rings is 1. The third-order valence-corrected chi connectivity index (χ3v) is 2.92. The van der Waals surface area contributed by atoms with Gasteiger partial charge < -0.3 is 10.0 Å². The third-order valence-electron chi connectivity index (χ3n) is 2.72. The monoisotopic (exact) mass is 227 g/mol. The van der Waals surface area contributed by atoms with Crippen LogP contribution in [0.25, 0.3) is 0 Å². The summed E-state index contributed by atoms with van der Waals surface area (Å²) < 4.78 is 0. The van der Waals surface area contributed by atoms with Gasteiger partial charge in [0.25, 0.3) is 0 Å². The lowest BCUT2D eigenvalue weighted by molar-refractivity contribution is 0.208. The van der Waals surface area contributed by atoms with Crippen molar-refractivity contribution in [1.82, 2.24) is 10.2 Å². The summed E-state index contributed by atoms with van der Waals surface area (Å²) in [7, 11) is 0. The fraction of sp³-hybridized carbons (Fsp3) is 0.600. The lowest BCUT2D eigenvalue weighted by atomic mass is 9.99. The van der Waals surface area contributed by atoms with Crippen LogP contribution in [0.3, 0.4) is 0 Å². The molecule has 4 nitrogen and oxygen atoms in total. The van der Waals surface area contributed by atoms with E-state index in [2.05, 4.69) is 15.1 Å². The number of rotatable bonds is 2. The second kappa shape index (κ2) is 4.77. The Morgan fingerprint density at radius 3 is 3.00 bits per heavy atom. The standard InChI is InChI=1S/C10H14ClN3O/c11-9-3-4-10(13-12-9)14-5-1-2-8(6-14)7-15/h3-4,8,15H,1-2,5-7H2/t8-/m1/s1.